The zero-order valence-corrected chi connectivity index (χ0v) is 54.6. The summed E-state index contributed by atoms with van der Waals surface area (Å²) >= 11 is 3.34. The topological polar surface area (TPSA) is 265 Å². The molecular formula is C57H76BrN11O9S2Si2. The molecule has 2 aromatic carbocycles. The first kappa shape index (κ1) is 64.8. The lowest BCUT2D eigenvalue weighted by molar-refractivity contribution is 0.0842. The molecule has 6 aromatic heterocycles. The molecule has 8 rings (SSSR count). The number of nitrogens with one attached hydrogen (secondary N) is 3. The van der Waals surface area contributed by atoms with Crippen LogP contribution in [0, 0.1) is 16.2 Å². The number of hydrogen-bond acceptors (Lipinski definition) is 15. The van der Waals surface area contributed by atoms with E-state index in [-0.39, 0.29) is 45.5 Å². The van der Waals surface area contributed by atoms with Gasteiger partial charge in [-0.15, -0.1) is 0 Å². The summed E-state index contributed by atoms with van der Waals surface area (Å²) in [6, 6.07) is 18.1. The van der Waals surface area contributed by atoms with E-state index in [9.17, 15) is 31.2 Å². The van der Waals surface area contributed by atoms with Gasteiger partial charge in [0.2, 0.25) is 0 Å². The van der Waals surface area contributed by atoms with Crippen molar-refractivity contribution in [3.8, 4) is 0 Å². The number of anilines is 2. The zero-order valence-electron chi connectivity index (χ0n) is 49.4. The lowest BCUT2D eigenvalue weighted by Crippen LogP contribution is -2.22. The third-order valence-corrected chi connectivity index (χ3v) is 18.8. The van der Waals surface area contributed by atoms with E-state index in [4.69, 9.17) is 9.47 Å². The number of hydrogen-bond donors (Lipinski definition) is 3. The summed E-state index contributed by atoms with van der Waals surface area (Å²) < 4.78 is 71.0. The van der Waals surface area contributed by atoms with Crippen LogP contribution < -0.4 is 9.44 Å². The third kappa shape index (κ3) is 17.4. The number of carbonyl (C=O) groups excluding carboxylic acids is 3. The third-order valence-electron chi connectivity index (χ3n) is 12.3. The summed E-state index contributed by atoms with van der Waals surface area (Å²) in [4.78, 5) is 67.7. The molecule has 0 spiro atoms. The van der Waals surface area contributed by atoms with Crippen molar-refractivity contribution >= 4 is 115 Å². The molecule has 0 aliphatic heterocycles. The van der Waals surface area contributed by atoms with Gasteiger partial charge in [-0.25, -0.2) is 46.7 Å². The van der Waals surface area contributed by atoms with Crippen molar-refractivity contribution in [2.24, 2.45) is 16.2 Å². The Bertz CT molecular complexity index is 3800. The van der Waals surface area contributed by atoms with E-state index in [1.807, 2.05) is 73.1 Å². The van der Waals surface area contributed by atoms with Crippen LogP contribution in [0.5, 0.6) is 0 Å². The van der Waals surface area contributed by atoms with Gasteiger partial charge in [0.1, 0.15) is 34.6 Å². The molecule has 0 saturated heterocycles. The molecule has 20 nitrogen and oxygen atoms in total. The monoisotopic (exact) mass is 1260 g/mol. The summed E-state index contributed by atoms with van der Waals surface area (Å²) in [7, 11) is -9.95. The van der Waals surface area contributed by atoms with E-state index in [0.717, 1.165) is 18.7 Å². The first-order valence-electron chi connectivity index (χ1n) is 26.6. The van der Waals surface area contributed by atoms with Gasteiger partial charge >= 0.3 is 0 Å². The van der Waals surface area contributed by atoms with E-state index in [1.165, 1.54) is 36.7 Å². The van der Waals surface area contributed by atoms with Gasteiger partial charge in [-0.2, -0.15) is 0 Å². The number of Topliss-reactive ketones (excluding diaryl/α,β-unsaturated/α-hetero) is 3. The number of fused-ring (bicyclic) bond motifs is 3. The van der Waals surface area contributed by atoms with Crippen LogP contribution in [0.2, 0.25) is 51.4 Å². The largest absolute Gasteiger partial charge is 0.361 e. The Hall–Kier alpha value is -6.36. The van der Waals surface area contributed by atoms with Crippen molar-refractivity contribution in [1.29, 1.82) is 0 Å². The second-order valence-corrected chi connectivity index (χ2v) is 40.7. The zero-order chi connectivity index (χ0) is 60.8. The number of halogens is 1. The maximum atomic E-state index is 13.1. The van der Waals surface area contributed by atoms with Gasteiger partial charge < -0.3 is 23.6 Å². The summed E-state index contributed by atoms with van der Waals surface area (Å²) in [6.07, 6.45) is 9.37. The van der Waals surface area contributed by atoms with Crippen molar-refractivity contribution in [3.05, 3.63) is 119 Å². The molecule has 440 valence electrons. The van der Waals surface area contributed by atoms with E-state index in [0.29, 0.717) is 68.1 Å². The van der Waals surface area contributed by atoms with Crippen LogP contribution in [-0.4, -0.2) is 108 Å². The van der Waals surface area contributed by atoms with Crippen LogP contribution in [-0.2, 0) is 43.0 Å². The Morgan fingerprint density at radius 1 is 0.549 bits per heavy atom. The first-order valence-corrected chi connectivity index (χ1v) is 37.8. The van der Waals surface area contributed by atoms with Gasteiger partial charge in [0, 0.05) is 64.2 Å². The van der Waals surface area contributed by atoms with Crippen LogP contribution in [0.1, 0.15) is 93.4 Å². The number of nitrogens with zero attached hydrogens (tertiary/aromatic N) is 8. The SMILES string of the molecule is CC(C)(C)C(=O)c1c[nH]c2ncc(NS(=O)(=O)c3ccccc3)nc12.CC(C)(C)C(=O)c1cn(COCC[Si](C)(C)C)c2ncc(Br)nc12.CC(C)(C)C(=O)c1cn(COCC[Si](C)(C)C)c2ncc(NS(=O)(=O)c3ccccc3)nc12. The van der Waals surface area contributed by atoms with Gasteiger partial charge in [0.05, 0.1) is 45.1 Å². The summed E-state index contributed by atoms with van der Waals surface area (Å²) in [5.74, 6) is -0.0480. The fraction of sp³-hybridized carbons (Fsp3) is 0.421. The van der Waals surface area contributed by atoms with Crippen molar-refractivity contribution in [2.75, 3.05) is 22.7 Å². The molecule has 25 heteroatoms. The molecular weight excluding hydrogens is 1180 g/mol. The molecule has 82 heavy (non-hydrogen) atoms. The van der Waals surface area contributed by atoms with Gasteiger partial charge in [-0.05, 0) is 52.3 Å². The summed E-state index contributed by atoms with van der Waals surface area (Å²) in [6.45, 7) is 32.4. The number of sulfonamides is 2. The predicted molar refractivity (Wildman–Crippen MR) is 331 cm³/mol. The van der Waals surface area contributed by atoms with Crippen LogP contribution in [0.15, 0.2) is 112 Å². The Labute approximate surface area is 491 Å². The minimum absolute atomic E-state index is 0.0479. The number of ketones is 3. The number of rotatable bonds is 19. The summed E-state index contributed by atoms with van der Waals surface area (Å²) in [5.41, 5.74) is 2.56. The maximum absolute atomic E-state index is 13.1. The van der Waals surface area contributed by atoms with Crippen LogP contribution in [0.4, 0.5) is 11.6 Å². The number of H-pyrrole nitrogens is 1. The van der Waals surface area contributed by atoms with Crippen LogP contribution in [0.3, 0.4) is 0 Å². The highest BCUT2D eigenvalue weighted by Gasteiger charge is 2.31. The van der Waals surface area contributed by atoms with Gasteiger partial charge in [0.25, 0.3) is 20.0 Å². The number of ether oxygens (including phenoxy) is 2. The average molecular weight is 1260 g/mol. The Kier molecular flexibility index (Phi) is 20.3. The van der Waals surface area contributed by atoms with Gasteiger partial charge in [-0.3, -0.25) is 23.8 Å². The molecule has 0 bridgehead atoms. The van der Waals surface area contributed by atoms with Gasteiger partial charge in [0.15, 0.2) is 45.9 Å². The number of benzene rings is 2. The molecule has 6 heterocycles. The fourth-order valence-electron chi connectivity index (χ4n) is 7.66. The minimum atomic E-state index is -3.83. The van der Waals surface area contributed by atoms with Crippen LogP contribution >= 0.6 is 15.9 Å². The second-order valence-electron chi connectivity index (χ2n) is 25.2. The number of carbonyl (C=O) groups is 3. The van der Waals surface area contributed by atoms with Crippen molar-refractivity contribution in [2.45, 2.75) is 137 Å². The van der Waals surface area contributed by atoms with Gasteiger partial charge in [-0.1, -0.05) is 138 Å². The molecule has 0 amide bonds. The molecule has 0 radical (unpaired) electrons. The van der Waals surface area contributed by atoms with Crippen molar-refractivity contribution in [1.82, 2.24) is 44.0 Å². The average Bonchev–Trinajstić information content (AvgIpc) is 4.24. The Morgan fingerprint density at radius 3 is 1.34 bits per heavy atom. The fourth-order valence-corrected chi connectivity index (χ4v) is 11.5. The Balaban J connectivity index is 0.000000201. The maximum Gasteiger partial charge on any atom is 0.263 e. The standard InChI is InChI=1S/C23H32N4O4SSi.C17H26BrN3O2Si.C17H18N4O3S/c1-23(2,3)21(28)18-15-27(16-31-12-13-33(4,5)6)22-20(18)25-19(14-24-22)26-32(29,30)17-10-8-7-9-11-17;1-17(2,3)15(22)12-10-21(11-23-7-8-24(4,5)6)16-14(12)20-13(18)9-19-16;1-17(2,3)15(22)12-9-18-16-14(12)20-13(10-19-16)21-25(23,24)11-7-5-4-6-8-11/h7-11,14-15H,12-13,16H2,1-6H3,(H,25,26);9-10H,7-8,11H2,1-6H3;4-10H,1-3H3,(H,18,19)(H,20,21). The van der Waals surface area contributed by atoms with E-state index < -0.39 is 52.4 Å². The minimum Gasteiger partial charge on any atom is -0.361 e. The number of aromatic nitrogens is 9. The molecule has 0 atom stereocenters. The Morgan fingerprint density at radius 2 is 0.927 bits per heavy atom. The molecule has 0 fully saturated rings. The predicted octanol–water partition coefficient (Wildman–Crippen LogP) is 12.5. The molecule has 3 N–H and O–H groups in total. The quantitative estimate of drug-likeness (QED) is 0.0386. The lowest BCUT2D eigenvalue weighted by atomic mass is 9.87. The highest BCUT2D eigenvalue weighted by Crippen LogP contribution is 2.31. The molecule has 0 unspecified atom stereocenters. The molecule has 0 aliphatic rings. The molecule has 0 saturated carbocycles. The number of aromatic amines is 1. The lowest BCUT2D eigenvalue weighted by Gasteiger charge is -2.16. The highest BCUT2D eigenvalue weighted by molar-refractivity contribution is 9.10. The smallest absolute Gasteiger partial charge is 0.263 e. The van der Waals surface area contributed by atoms with E-state index in [2.05, 4.69) is 99.5 Å². The highest BCUT2D eigenvalue weighted by atomic mass is 79.9. The second kappa shape index (κ2) is 25.6. The molecule has 0 aliphatic carbocycles. The first-order chi connectivity index (χ1) is 37.9. The molecule has 8 aromatic rings. The van der Waals surface area contributed by atoms with Crippen LogP contribution in [0.25, 0.3) is 33.5 Å². The van der Waals surface area contributed by atoms with E-state index in [1.54, 1.807) is 59.6 Å². The van der Waals surface area contributed by atoms with Crippen molar-refractivity contribution in [3.63, 3.8) is 0 Å². The summed E-state index contributed by atoms with van der Waals surface area (Å²) in [5, 5.41) is 0. The van der Waals surface area contributed by atoms with E-state index >= 15 is 0 Å². The van der Waals surface area contributed by atoms with Crippen molar-refractivity contribution < 1.29 is 40.7 Å². The normalized spacial score (nSPS) is 12.6.